The lowest BCUT2D eigenvalue weighted by Gasteiger charge is -2.18. The number of benzene rings is 1. The van der Waals surface area contributed by atoms with Gasteiger partial charge in [0.15, 0.2) is 5.78 Å². The average Bonchev–Trinajstić information content (AvgIpc) is 2.28. The van der Waals surface area contributed by atoms with E-state index in [1.807, 2.05) is 0 Å². The van der Waals surface area contributed by atoms with Gasteiger partial charge in [-0.05, 0) is 46.9 Å². The first-order valence-corrected chi connectivity index (χ1v) is 6.94. The third kappa shape index (κ3) is 5.15. The lowest BCUT2D eigenvalue weighted by molar-refractivity contribution is -0.122. The molecule has 1 aromatic rings. The van der Waals surface area contributed by atoms with Crippen molar-refractivity contribution in [3.63, 3.8) is 0 Å². The number of alkyl halides is 3. The Morgan fingerprint density at radius 2 is 1.65 bits per heavy atom. The first-order chi connectivity index (χ1) is 9.00. The van der Waals surface area contributed by atoms with Crippen molar-refractivity contribution in [3.05, 3.63) is 39.6 Å². The minimum atomic E-state index is -4.61. The van der Waals surface area contributed by atoms with Crippen molar-refractivity contribution in [2.75, 3.05) is 5.32 Å². The van der Waals surface area contributed by atoms with Crippen LogP contribution < -0.4 is 5.32 Å². The number of carbonyl (C=O) groups is 1. The Kier molecular flexibility index (Phi) is 5.23. The first kappa shape index (κ1) is 17.0. The molecule has 1 N–H and O–H groups in total. The summed E-state index contributed by atoms with van der Waals surface area (Å²) in [7, 11) is 0. The molecule has 20 heavy (non-hydrogen) atoms. The SMILES string of the molecule is CC(C)(C)C(=O)/C=C(/Nc1ccc(I)cc1)C(F)(F)F. The smallest absolute Gasteiger partial charge is 0.351 e. The summed E-state index contributed by atoms with van der Waals surface area (Å²) in [6.07, 6.45) is -3.98. The summed E-state index contributed by atoms with van der Waals surface area (Å²) >= 11 is 2.06. The summed E-state index contributed by atoms with van der Waals surface area (Å²) in [5, 5.41) is 2.26. The van der Waals surface area contributed by atoms with E-state index < -0.39 is 23.1 Å². The Balaban J connectivity index is 3.06. The highest BCUT2D eigenvalue weighted by molar-refractivity contribution is 14.1. The molecule has 0 aliphatic carbocycles. The number of rotatable bonds is 3. The van der Waals surface area contributed by atoms with Crippen molar-refractivity contribution in [2.45, 2.75) is 26.9 Å². The molecule has 0 fully saturated rings. The van der Waals surface area contributed by atoms with Crippen molar-refractivity contribution in [1.29, 1.82) is 0 Å². The zero-order valence-corrected chi connectivity index (χ0v) is 13.5. The van der Waals surface area contributed by atoms with Gasteiger partial charge in [-0.15, -0.1) is 0 Å². The van der Waals surface area contributed by atoms with Crippen molar-refractivity contribution in [3.8, 4) is 0 Å². The highest BCUT2D eigenvalue weighted by Crippen LogP contribution is 2.29. The van der Waals surface area contributed by atoms with Crippen LogP contribution in [0.15, 0.2) is 36.0 Å². The van der Waals surface area contributed by atoms with Gasteiger partial charge >= 0.3 is 6.18 Å². The second-order valence-electron chi connectivity index (χ2n) is 5.30. The third-order valence-electron chi connectivity index (χ3n) is 2.44. The third-order valence-corrected chi connectivity index (χ3v) is 3.16. The van der Waals surface area contributed by atoms with Gasteiger partial charge in [0.2, 0.25) is 0 Å². The van der Waals surface area contributed by atoms with E-state index in [9.17, 15) is 18.0 Å². The molecule has 0 radical (unpaired) electrons. The van der Waals surface area contributed by atoms with Crippen LogP contribution in [0.5, 0.6) is 0 Å². The molecule has 1 rings (SSSR count). The Morgan fingerprint density at radius 1 is 1.15 bits per heavy atom. The van der Waals surface area contributed by atoms with Crippen LogP contribution in [-0.2, 0) is 4.79 Å². The van der Waals surface area contributed by atoms with Gasteiger partial charge in [0, 0.05) is 20.7 Å². The molecule has 0 saturated heterocycles. The summed E-state index contributed by atoms with van der Waals surface area (Å²) in [6.45, 7) is 4.72. The maximum absolute atomic E-state index is 12.9. The van der Waals surface area contributed by atoms with Crippen LogP contribution in [0.1, 0.15) is 20.8 Å². The second kappa shape index (κ2) is 6.15. The van der Waals surface area contributed by atoms with Crippen LogP contribution in [-0.4, -0.2) is 12.0 Å². The molecule has 0 amide bonds. The standard InChI is InChI=1S/C14H15F3INO/c1-13(2,3)12(20)8-11(14(15,16)17)19-10-6-4-9(18)5-7-10/h4-8,19H,1-3H3/b11-8+. The van der Waals surface area contributed by atoms with Crippen molar-refractivity contribution in [1.82, 2.24) is 0 Å². The molecule has 0 bridgehead atoms. The average molecular weight is 397 g/mol. The monoisotopic (exact) mass is 397 g/mol. The highest BCUT2D eigenvalue weighted by Gasteiger charge is 2.35. The molecular weight excluding hydrogens is 382 g/mol. The predicted molar refractivity (Wildman–Crippen MR) is 81.4 cm³/mol. The number of allylic oxidation sites excluding steroid dienone is 2. The molecule has 110 valence electrons. The number of anilines is 1. The van der Waals surface area contributed by atoms with Gasteiger partial charge in [0.1, 0.15) is 5.70 Å². The molecule has 0 aromatic heterocycles. The van der Waals surface area contributed by atoms with Gasteiger partial charge in [0.25, 0.3) is 0 Å². The molecule has 0 aliphatic heterocycles. The van der Waals surface area contributed by atoms with Gasteiger partial charge in [-0.2, -0.15) is 13.2 Å². The lowest BCUT2D eigenvalue weighted by atomic mass is 9.90. The van der Waals surface area contributed by atoms with E-state index in [0.29, 0.717) is 6.08 Å². The second-order valence-corrected chi connectivity index (χ2v) is 6.55. The predicted octanol–water partition coefficient (Wildman–Crippen LogP) is 4.76. The quantitative estimate of drug-likeness (QED) is 0.589. The van der Waals surface area contributed by atoms with E-state index in [4.69, 9.17) is 0 Å². The summed E-state index contributed by atoms with van der Waals surface area (Å²) in [4.78, 5) is 11.7. The molecule has 6 heteroatoms. The molecular formula is C14H15F3INO. The number of hydrogen-bond acceptors (Lipinski definition) is 2. The number of halogens is 4. The van der Waals surface area contributed by atoms with Crippen molar-refractivity contribution < 1.29 is 18.0 Å². The summed E-state index contributed by atoms with van der Waals surface area (Å²) in [6, 6.07) is 6.43. The Hall–Kier alpha value is -1.05. The fourth-order valence-electron chi connectivity index (χ4n) is 1.23. The van der Waals surface area contributed by atoms with Crippen LogP contribution in [0.3, 0.4) is 0 Å². The maximum atomic E-state index is 12.9. The van der Waals surface area contributed by atoms with Crippen LogP contribution in [0, 0.1) is 8.99 Å². The lowest BCUT2D eigenvalue weighted by Crippen LogP contribution is -2.24. The van der Waals surface area contributed by atoms with Crippen molar-refractivity contribution >= 4 is 34.1 Å². The van der Waals surface area contributed by atoms with E-state index in [1.54, 1.807) is 32.9 Å². The zero-order chi connectivity index (χ0) is 15.6. The summed E-state index contributed by atoms with van der Waals surface area (Å²) < 4.78 is 39.8. The van der Waals surface area contributed by atoms with Crippen LogP contribution >= 0.6 is 22.6 Å². The van der Waals surface area contributed by atoms with E-state index in [-0.39, 0.29) is 5.69 Å². The molecule has 0 atom stereocenters. The van der Waals surface area contributed by atoms with Crippen molar-refractivity contribution in [2.24, 2.45) is 5.41 Å². The molecule has 0 saturated carbocycles. The number of ketones is 1. The summed E-state index contributed by atoms with van der Waals surface area (Å²) in [5.74, 6) is -0.581. The Bertz CT molecular complexity index is 513. The topological polar surface area (TPSA) is 29.1 Å². The van der Waals surface area contributed by atoms with Crippen LogP contribution in [0.4, 0.5) is 18.9 Å². The van der Waals surface area contributed by atoms with Gasteiger partial charge in [-0.3, -0.25) is 4.79 Å². The zero-order valence-electron chi connectivity index (χ0n) is 11.3. The van der Waals surface area contributed by atoms with Gasteiger partial charge in [-0.1, -0.05) is 20.8 Å². The van der Waals surface area contributed by atoms with Crippen LogP contribution in [0.2, 0.25) is 0 Å². The molecule has 0 unspecified atom stereocenters. The first-order valence-electron chi connectivity index (χ1n) is 5.86. The Morgan fingerprint density at radius 3 is 2.05 bits per heavy atom. The fourth-order valence-corrected chi connectivity index (χ4v) is 1.58. The maximum Gasteiger partial charge on any atom is 0.431 e. The number of nitrogens with one attached hydrogen (secondary N) is 1. The normalized spacial score (nSPS) is 13.2. The minimum absolute atomic E-state index is 0.288. The van der Waals surface area contributed by atoms with E-state index in [1.165, 1.54) is 12.1 Å². The van der Waals surface area contributed by atoms with Gasteiger partial charge < -0.3 is 5.32 Å². The van der Waals surface area contributed by atoms with Gasteiger partial charge in [-0.25, -0.2) is 0 Å². The number of hydrogen-bond donors (Lipinski definition) is 1. The molecule has 0 heterocycles. The molecule has 2 nitrogen and oxygen atoms in total. The number of carbonyl (C=O) groups excluding carboxylic acids is 1. The summed E-state index contributed by atoms with van der Waals surface area (Å²) in [5.41, 5.74) is -1.63. The molecule has 1 aromatic carbocycles. The van der Waals surface area contributed by atoms with Gasteiger partial charge in [0.05, 0.1) is 0 Å². The van der Waals surface area contributed by atoms with Crippen LogP contribution in [0.25, 0.3) is 0 Å². The van der Waals surface area contributed by atoms with E-state index in [0.717, 1.165) is 3.57 Å². The van der Waals surface area contributed by atoms with E-state index in [2.05, 4.69) is 27.9 Å². The highest BCUT2D eigenvalue weighted by atomic mass is 127. The fraction of sp³-hybridized carbons (Fsp3) is 0.357. The van der Waals surface area contributed by atoms with E-state index >= 15 is 0 Å². The Labute approximate surface area is 129 Å². The largest absolute Gasteiger partial charge is 0.431 e. The molecule has 0 aliphatic rings. The minimum Gasteiger partial charge on any atom is -0.351 e. The molecule has 0 spiro atoms.